The third kappa shape index (κ3) is 2.82. The summed E-state index contributed by atoms with van der Waals surface area (Å²) >= 11 is 1.42. The lowest BCUT2D eigenvalue weighted by molar-refractivity contribution is -0.150. The second-order valence-corrected chi connectivity index (χ2v) is 6.61. The number of amides is 2. The molecule has 1 fully saturated rings. The van der Waals surface area contributed by atoms with E-state index >= 15 is 0 Å². The maximum absolute atomic E-state index is 12.3. The number of rotatable bonds is 5. The van der Waals surface area contributed by atoms with Gasteiger partial charge in [0.2, 0.25) is 5.91 Å². The van der Waals surface area contributed by atoms with Gasteiger partial charge >= 0.3 is 5.97 Å². The first-order chi connectivity index (χ1) is 11.5. The number of hydrogen-bond donors (Lipinski definition) is 2. The van der Waals surface area contributed by atoms with Crippen LogP contribution in [0.3, 0.4) is 0 Å². The molecule has 1 saturated heterocycles. The number of benzene rings is 1. The number of fused-ring (bicyclic) bond motifs is 1. The summed E-state index contributed by atoms with van der Waals surface area (Å²) in [6, 6.07) is 8.54. The van der Waals surface area contributed by atoms with Gasteiger partial charge < -0.3 is 10.4 Å². The number of carboxylic acids is 1. The molecule has 1 aromatic rings. The van der Waals surface area contributed by atoms with E-state index in [0.717, 1.165) is 5.56 Å². The van der Waals surface area contributed by atoms with E-state index in [1.54, 1.807) is 0 Å². The van der Waals surface area contributed by atoms with Crippen molar-refractivity contribution < 1.29 is 19.5 Å². The van der Waals surface area contributed by atoms with Crippen LogP contribution < -0.4 is 5.32 Å². The van der Waals surface area contributed by atoms with E-state index in [1.165, 1.54) is 22.7 Å². The number of carbonyl (C=O) groups excluding carboxylic acids is 2. The van der Waals surface area contributed by atoms with Gasteiger partial charge in [0.1, 0.15) is 17.1 Å². The average Bonchev–Trinajstić information content (AvgIpc) is 2.58. The minimum absolute atomic E-state index is 0.0349. The Morgan fingerprint density at radius 3 is 2.71 bits per heavy atom. The molecule has 0 spiro atoms. The Morgan fingerprint density at radius 2 is 2.08 bits per heavy atom. The normalized spacial score (nSPS) is 22.5. The van der Waals surface area contributed by atoms with Crippen molar-refractivity contribution in [3.63, 3.8) is 0 Å². The Kier molecular flexibility index (Phi) is 4.44. The van der Waals surface area contributed by atoms with Crippen LogP contribution in [0.4, 0.5) is 0 Å². The van der Waals surface area contributed by atoms with Crippen molar-refractivity contribution in [1.29, 1.82) is 0 Å². The molecule has 0 bridgehead atoms. The molecule has 2 aliphatic rings. The maximum Gasteiger partial charge on any atom is 0.352 e. The first kappa shape index (κ1) is 16.3. The zero-order valence-corrected chi connectivity index (χ0v) is 13.6. The Labute approximate surface area is 143 Å². The minimum Gasteiger partial charge on any atom is -0.477 e. The van der Waals surface area contributed by atoms with E-state index in [0.29, 0.717) is 11.3 Å². The monoisotopic (exact) mass is 344 g/mol. The highest BCUT2D eigenvalue weighted by atomic mass is 32.2. The molecule has 0 radical (unpaired) electrons. The fraction of sp³-hybridized carbons (Fsp3) is 0.235. The van der Waals surface area contributed by atoms with Crippen molar-refractivity contribution in [2.24, 2.45) is 0 Å². The number of carbonyl (C=O) groups is 3. The van der Waals surface area contributed by atoms with Crippen molar-refractivity contribution in [2.45, 2.75) is 17.8 Å². The Morgan fingerprint density at radius 1 is 1.38 bits per heavy atom. The topological polar surface area (TPSA) is 86.7 Å². The number of β-lactam (4-membered cyclic amide) rings is 1. The lowest BCUT2D eigenvalue weighted by Gasteiger charge is -2.49. The van der Waals surface area contributed by atoms with Crippen LogP contribution >= 0.6 is 11.8 Å². The molecule has 124 valence electrons. The zero-order valence-electron chi connectivity index (χ0n) is 12.8. The van der Waals surface area contributed by atoms with Gasteiger partial charge in [-0.05, 0) is 11.1 Å². The highest BCUT2D eigenvalue weighted by Crippen LogP contribution is 2.40. The van der Waals surface area contributed by atoms with E-state index in [9.17, 15) is 19.5 Å². The second kappa shape index (κ2) is 6.52. The molecule has 2 aliphatic heterocycles. The lowest BCUT2D eigenvalue weighted by Crippen LogP contribution is -2.70. The maximum atomic E-state index is 12.3. The molecule has 7 heteroatoms. The average molecular weight is 344 g/mol. The number of thioether (sulfide) groups is 1. The zero-order chi connectivity index (χ0) is 17.3. The fourth-order valence-corrected chi connectivity index (χ4v) is 4.15. The highest BCUT2D eigenvalue weighted by molar-refractivity contribution is 8.00. The number of hydrogen-bond acceptors (Lipinski definition) is 4. The van der Waals surface area contributed by atoms with Crippen molar-refractivity contribution in [3.05, 3.63) is 59.8 Å². The van der Waals surface area contributed by atoms with Crippen LogP contribution in [0.1, 0.15) is 5.56 Å². The van der Waals surface area contributed by atoms with E-state index < -0.39 is 17.9 Å². The SMILES string of the molecule is C=CC1=C(C(=O)O)N2C(=O)[C@H](NC(=O)Cc3ccccc3)[C@@H]2SC1. The Hall–Kier alpha value is -2.54. The largest absolute Gasteiger partial charge is 0.477 e. The highest BCUT2D eigenvalue weighted by Gasteiger charge is 2.53. The predicted octanol–water partition coefficient (Wildman–Crippen LogP) is 1.15. The number of allylic oxidation sites excluding steroid dienone is 1. The van der Waals surface area contributed by atoms with Crippen LogP contribution in [0.25, 0.3) is 0 Å². The molecular weight excluding hydrogens is 328 g/mol. The summed E-state index contributed by atoms with van der Waals surface area (Å²) in [6.07, 6.45) is 1.64. The van der Waals surface area contributed by atoms with Gasteiger partial charge in [-0.25, -0.2) is 4.79 Å². The van der Waals surface area contributed by atoms with Gasteiger partial charge in [-0.1, -0.05) is 43.0 Å². The van der Waals surface area contributed by atoms with Crippen LogP contribution in [0.15, 0.2) is 54.3 Å². The molecule has 0 saturated carbocycles. The smallest absolute Gasteiger partial charge is 0.352 e. The molecule has 0 unspecified atom stereocenters. The summed E-state index contributed by atoms with van der Waals surface area (Å²) in [4.78, 5) is 37.1. The molecule has 2 heterocycles. The number of aliphatic carboxylic acids is 1. The van der Waals surface area contributed by atoms with Crippen molar-refractivity contribution in [3.8, 4) is 0 Å². The predicted molar refractivity (Wildman–Crippen MR) is 90.0 cm³/mol. The summed E-state index contributed by atoms with van der Waals surface area (Å²) in [7, 11) is 0. The van der Waals surface area contributed by atoms with Crippen molar-refractivity contribution in [2.75, 3.05) is 5.75 Å². The van der Waals surface area contributed by atoms with Crippen LogP contribution in [0.2, 0.25) is 0 Å². The van der Waals surface area contributed by atoms with E-state index in [2.05, 4.69) is 11.9 Å². The second-order valence-electron chi connectivity index (χ2n) is 5.50. The summed E-state index contributed by atoms with van der Waals surface area (Å²) in [6.45, 7) is 3.60. The van der Waals surface area contributed by atoms with Gasteiger partial charge in [0.05, 0.1) is 6.42 Å². The van der Waals surface area contributed by atoms with E-state index in [1.807, 2.05) is 30.3 Å². The molecule has 3 rings (SSSR count). The molecule has 24 heavy (non-hydrogen) atoms. The summed E-state index contributed by atoms with van der Waals surface area (Å²) < 4.78 is 0. The van der Waals surface area contributed by atoms with E-state index in [4.69, 9.17) is 0 Å². The Bertz CT molecular complexity index is 744. The van der Waals surface area contributed by atoms with Gasteiger partial charge in [-0.2, -0.15) is 0 Å². The molecular formula is C17H16N2O4S. The molecule has 2 N–H and O–H groups in total. The molecule has 0 aliphatic carbocycles. The molecule has 2 amide bonds. The molecule has 0 aromatic heterocycles. The van der Waals surface area contributed by atoms with Crippen LogP contribution in [0.5, 0.6) is 0 Å². The summed E-state index contributed by atoms with van der Waals surface area (Å²) in [5, 5.41) is 11.7. The fourth-order valence-electron chi connectivity index (χ4n) is 2.81. The van der Waals surface area contributed by atoms with E-state index in [-0.39, 0.29) is 23.4 Å². The number of nitrogens with one attached hydrogen (secondary N) is 1. The first-order valence-corrected chi connectivity index (χ1v) is 8.44. The molecule has 6 nitrogen and oxygen atoms in total. The Balaban J connectivity index is 1.70. The van der Waals surface area contributed by atoms with Gasteiger partial charge in [0.25, 0.3) is 5.91 Å². The summed E-state index contributed by atoms with van der Waals surface area (Å²) in [5.41, 5.74) is 1.34. The van der Waals surface area contributed by atoms with Crippen molar-refractivity contribution >= 4 is 29.5 Å². The third-order valence-electron chi connectivity index (χ3n) is 3.97. The standard InChI is InChI=1S/C17H16N2O4S/c1-2-11-9-24-16-13(15(21)19(16)14(11)17(22)23)18-12(20)8-10-6-4-3-5-7-10/h2-7,13,16H,1,8-9H2,(H,18,20)(H,22,23)/t13-,16-/m0/s1. The molecule has 1 aromatic carbocycles. The first-order valence-electron chi connectivity index (χ1n) is 7.39. The van der Waals surface area contributed by atoms with Crippen LogP contribution in [0, 0.1) is 0 Å². The lowest BCUT2D eigenvalue weighted by atomic mass is 10.0. The third-order valence-corrected chi connectivity index (χ3v) is 5.27. The van der Waals surface area contributed by atoms with Gasteiger partial charge in [-0.15, -0.1) is 11.8 Å². The number of carboxylic acid groups (broad SMARTS) is 1. The minimum atomic E-state index is -1.15. The molecule has 2 atom stereocenters. The van der Waals surface area contributed by atoms with Crippen LogP contribution in [-0.4, -0.2) is 45.0 Å². The summed E-state index contributed by atoms with van der Waals surface area (Å²) in [5.74, 6) is -1.36. The number of nitrogens with zero attached hydrogens (tertiary/aromatic N) is 1. The quantitative estimate of drug-likeness (QED) is 0.783. The van der Waals surface area contributed by atoms with Gasteiger partial charge in [0, 0.05) is 5.75 Å². The van der Waals surface area contributed by atoms with Gasteiger partial charge in [0.15, 0.2) is 0 Å². The van der Waals surface area contributed by atoms with Crippen LogP contribution in [-0.2, 0) is 20.8 Å². The van der Waals surface area contributed by atoms with Gasteiger partial charge in [-0.3, -0.25) is 14.5 Å². The van der Waals surface area contributed by atoms with Crippen molar-refractivity contribution in [1.82, 2.24) is 10.2 Å².